The zero-order chi connectivity index (χ0) is 16.4. The van der Waals surface area contributed by atoms with Crippen LogP contribution < -0.4 is 15.0 Å². The number of nitrogens with one attached hydrogen (secondary N) is 1. The van der Waals surface area contributed by atoms with Gasteiger partial charge >= 0.3 is 0 Å². The number of fused-ring (bicyclic) bond motifs is 1. The van der Waals surface area contributed by atoms with E-state index in [0.29, 0.717) is 36.2 Å². The molecule has 2 fully saturated rings. The van der Waals surface area contributed by atoms with Gasteiger partial charge in [-0.2, -0.15) is 9.97 Å². The summed E-state index contributed by atoms with van der Waals surface area (Å²) in [5.41, 5.74) is 1.07. The van der Waals surface area contributed by atoms with Crippen molar-refractivity contribution in [3.8, 4) is 5.88 Å². The Morgan fingerprint density at radius 3 is 2.75 bits per heavy atom. The first-order valence-corrected chi connectivity index (χ1v) is 8.58. The standard InChI is InChI=1S/C15H19ClN6O2/c16-12-14(24-10-1-7-23-8-2-10)20-13-11(19-12)9-18-15(21-13)22-5-3-17-4-6-22/h9-10,17H,1-8H2. The number of hydrogen-bond donors (Lipinski definition) is 1. The smallest absolute Gasteiger partial charge is 0.254 e. The molecule has 2 aromatic heterocycles. The van der Waals surface area contributed by atoms with Crippen molar-refractivity contribution in [2.75, 3.05) is 44.3 Å². The molecule has 0 unspecified atom stereocenters. The minimum atomic E-state index is 0.0532. The second-order valence-corrected chi connectivity index (χ2v) is 6.22. The van der Waals surface area contributed by atoms with Crippen LogP contribution in [0.15, 0.2) is 6.20 Å². The molecule has 0 spiro atoms. The minimum absolute atomic E-state index is 0.0532. The summed E-state index contributed by atoms with van der Waals surface area (Å²) in [4.78, 5) is 19.9. The average Bonchev–Trinajstić information content (AvgIpc) is 2.64. The van der Waals surface area contributed by atoms with Gasteiger partial charge in [-0.25, -0.2) is 9.97 Å². The van der Waals surface area contributed by atoms with Crippen molar-refractivity contribution in [1.29, 1.82) is 0 Å². The molecule has 0 bridgehead atoms. The molecule has 4 heterocycles. The normalized spacial score (nSPS) is 19.6. The summed E-state index contributed by atoms with van der Waals surface area (Å²) < 4.78 is 11.3. The summed E-state index contributed by atoms with van der Waals surface area (Å²) in [6.45, 7) is 4.98. The van der Waals surface area contributed by atoms with Crippen molar-refractivity contribution in [3.63, 3.8) is 0 Å². The van der Waals surface area contributed by atoms with Crippen molar-refractivity contribution >= 4 is 28.7 Å². The second-order valence-electron chi connectivity index (χ2n) is 5.87. The van der Waals surface area contributed by atoms with Gasteiger partial charge in [0.15, 0.2) is 10.8 Å². The Kier molecular flexibility index (Phi) is 4.59. The molecule has 0 radical (unpaired) electrons. The molecular weight excluding hydrogens is 332 g/mol. The Balaban J connectivity index is 1.61. The van der Waals surface area contributed by atoms with Gasteiger partial charge in [0.05, 0.1) is 19.4 Å². The number of piperazine rings is 1. The van der Waals surface area contributed by atoms with Crippen molar-refractivity contribution in [1.82, 2.24) is 25.3 Å². The highest BCUT2D eigenvalue weighted by atomic mass is 35.5. The monoisotopic (exact) mass is 350 g/mol. The Bertz CT molecular complexity index is 718. The van der Waals surface area contributed by atoms with E-state index in [1.165, 1.54) is 0 Å². The maximum Gasteiger partial charge on any atom is 0.254 e. The summed E-state index contributed by atoms with van der Waals surface area (Å²) in [7, 11) is 0. The Hall–Kier alpha value is -1.77. The number of hydrogen-bond acceptors (Lipinski definition) is 8. The van der Waals surface area contributed by atoms with Crippen molar-refractivity contribution in [3.05, 3.63) is 11.3 Å². The minimum Gasteiger partial charge on any atom is -0.472 e. The first-order valence-electron chi connectivity index (χ1n) is 8.20. The van der Waals surface area contributed by atoms with E-state index in [1.807, 2.05) is 0 Å². The van der Waals surface area contributed by atoms with Crippen LogP contribution >= 0.6 is 11.6 Å². The zero-order valence-corrected chi connectivity index (χ0v) is 14.0. The molecule has 2 aliphatic rings. The third kappa shape index (κ3) is 3.35. The SMILES string of the molecule is Clc1nc2cnc(N3CCNCC3)nc2nc1OC1CCOCC1. The fourth-order valence-electron chi connectivity index (χ4n) is 2.86. The summed E-state index contributed by atoms with van der Waals surface area (Å²) >= 11 is 6.21. The predicted octanol–water partition coefficient (Wildman–Crippen LogP) is 1.04. The molecule has 0 atom stereocenters. The van der Waals surface area contributed by atoms with E-state index in [0.717, 1.165) is 39.0 Å². The van der Waals surface area contributed by atoms with E-state index >= 15 is 0 Å². The molecule has 0 aliphatic carbocycles. The van der Waals surface area contributed by atoms with Crippen molar-refractivity contribution < 1.29 is 9.47 Å². The molecule has 24 heavy (non-hydrogen) atoms. The Morgan fingerprint density at radius 2 is 1.96 bits per heavy atom. The average molecular weight is 351 g/mol. The third-order valence-corrected chi connectivity index (χ3v) is 4.43. The molecule has 2 aliphatic heterocycles. The molecule has 128 valence electrons. The lowest BCUT2D eigenvalue weighted by molar-refractivity contribution is 0.0237. The molecule has 1 N–H and O–H groups in total. The second kappa shape index (κ2) is 7.00. The highest BCUT2D eigenvalue weighted by Gasteiger charge is 2.20. The molecular formula is C15H19ClN6O2. The van der Waals surface area contributed by atoms with Gasteiger partial charge in [-0.05, 0) is 0 Å². The largest absolute Gasteiger partial charge is 0.472 e. The zero-order valence-electron chi connectivity index (χ0n) is 13.2. The fourth-order valence-corrected chi connectivity index (χ4v) is 3.04. The first-order chi connectivity index (χ1) is 11.8. The lowest BCUT2D eigenvalue weighted by Crippen LogP contribution is -2.44. The fraction of sp³-hybridized carbons (Fsp3) is 0.600. The molecule has 2 aromatic rings. The molecule has 9 heteroatoms. The van der Waals surface area contributed by atoms with Crippen LogP contribution in [0.4, 0.5) is 5.95 Å². The number of nitrogens with zero attached hydrogens (tertiary/aromatic N) is 5. The lowest BCUT2D eigenvalue weighted by Gasteiger charge is -2.27. The molecule has 4 rings (SSSR count). The third-order valence-electron chi connectivity index (χ3n) is 4.19. The van der Waals surface area contributed by atoms with Crippen LogP contribution in [-0.4, -0.2) is 65.4 Å². The summed E-state index contributed by atoms with van der Waals surface area (Å²) in [6.07, 6.45) is 3.37. The van der Waals surface area contributed by atoms with Gasteiger partial charge < -0.3 is 19.7 Å². The van der Waals surface area contributed by atoms with Crippen molar-refractivity contribution in [2.24, 2.45) is 0 Å². The van der Waals surface area contributed by atoms with Gasteiger partial charge in [0, 0.05) is 39.0 Å². The quantitative estimate of drug-likeness (QED) is 0.879. The lowest BCUT2D eigenvalue weighted by atomic mass is 10.2. The van der Waals surface area contributed by atoms with Crippen LogP contribution in [0.3, 0.4) is 0 Å². The van der Waals surface area contributed by atoms with Crippen LogP contribution in [-0.2, 0) is 4.74 Å². The topological polar surface area (TPSA) is 85.3 Å². The van der Waals surface area contributed by atoms with E-state index in [1.54, 1.807) is 6.20 Å². The van der Waals surface area contributed by atoms with Crippen LogP contribution in [0.2, 0.25) is 5.15 Å². The van der Waals surface area contributed by atoms with Crippen LogP contribution in [0.25, 0.3) is 11.2 Å². The molecule has 0 amide bonds. The van der Waals surface area contributed by atoms with Gasteiger partial charge in [-0.3, -0.25) is 0 Å². The molecule has 0 aromatic carbocycles. The first kappa shape index (κ1) is 15.7. The van der Waals surface area contributed by atoms with Crippen LogP contribution in [0, 0.1) is 0 Å². The summed E-state index contributed by atoms with van der Waals surface area (Å²) in [5, 5.41) is 3.55. The van der Waals surface area contributed by atoms with E-state index < -0.39 is 0 Å². The number of rotatable bonds is 3. The van der Waals surface area contributed by atoms with Crippen molar-refractivity contribution in [2.45, 2.75) is 18.9 Å². The highest BCUT2D eigenvalue weighted by molar-refractivity contribution is 6.30. The summed E-state index contributed by atoms with van der Waals surface area (Å²) in [6, 6.07) is 0. The number of halogens is 1. The van der Waals surface area contributed by atoms with Gasteiger partial charge in [0.2, 0.25) is 5.95 Å². The van der Waals surface area contributed by atoms with Crippen LogP contribution in [0.1, 0.15) is 12.8 Å². The number of ether oxygens (including phenoxy) is 2. The summed E-state index contributed by atoms with van der Waals surface area (Å²) in [5.74, 6) is 0.999. The predicted molar refractivity (Wildman–Crippen MR) is 89.7 cm³/mol. The van der Waals surface area contributed by atoms with Gasteiger partial charge in [0.25, 0.3) is 5.88 Å². The number of aromatic nitrogens is 4. The van der Waals surface area contributed by atoms with E-state index in [-0.39, 0.29) is 11.3 Å². The Labute approximate surface area is 144 Å². The highest BCUT2D eigenvalue weighted by Crippen LogP contribution is 2.26. The molecule has 0 saturated carbocycles. The Morgan fingerprint density at radius 1 is 1.17 bits per heavy atom. The van der Waals surface area contributed by atoms with E-state index in [4.69, 9.17) is 21.1 Å². The number of anilines is 1. The van der Waals surface area contributed by atoms with Gasteiger partial charge in [-0.15, -0.1) is 0 Å². The van der Waals surface area contributed by atoms with E-state index in [2.05, 4.69) is 30.2 Å². The molecule has 2 saturated heterocycles. The van der Waals surface area contributed by atoms with Gasteiger partial charge in [0.1, 0.15) is 11.6 Å². The maximum atomic E-state index is 6.21. The van der Waals surface area contributed by atoms with E-state index in [9.17, 15) is 0 Å². The van der Waals surface area contributed by atoms with Gasteiger partial charge in [-0.1, -0.05) is 11.6 Å². The van der Waals surface area contributed by atoms with Crippen LogP contribution in [0.5, 0.6) is 5.88 Å². The maximum absolute atomic E-state index is 6.21. The molecule has 8 nitrogen and oxygen atoms in total.